The van der Waals surface area contributed by atoms with Gasteiger partial charge in [0.2, 0.25) is 5.91 Å². The van der Waals surface area contributed by atoms with Crippen molar-refractivity contribution in [3.8, 4) is 0 Å². The van der Waals surface area contributed by atoms with Crippen LogP contribution in [-0.2, 0) is 47.6 Å². The van der Waals surface area contributed by atoms with Crippen LogP contribution in [0.1, 0.15) is 22.5 Å². The zero-order chi connectivity index (χ0) is 46.2. The summed E-state index contributed by atoms with van der Waals surface area (Å²) in [5.41, 5.74) is 4.00. The lowest BCUT2D eigenvalue weighted by atomic mass is 10.2. The topological polar surface area (TPSA) is 240 Å². The third-order valence-electron chi connectivity index (χ3n) is 8.37. The lowest BCUT2D eigenvalue weighted by Gasteiger charge is -2.17. The second-order valence-corrected chi connectivity index (χ2v) is 13.7. The highest BCUT2D eigenvalue weighted by Gasteiger charge is 2.40. The van der Waals surface area contributed by atoms with Gasteiger partial charge >= 0.3 is 17.8 Å². The standard InChI is InChI=1S/C20H18ClF2N5O3.C13H11ClF2N4O4.C7H9N/c21-16-11-25-18(26-13-20(22,23)15-8-4-5-9-28(15)31)19(30)27(16)12-17(29)24-10-14-6-2-1-3-7-14;14-9-5-17-11(12(23)19(9)6-10(21)22)18-7-13(15,16)8-3-1-2-4-20(8)24;8-6-7-4-2-1-3-5-7/h1-9,11H,10,12-13H2,(H,24,29)(H,25,26);1-5H,6-7H2,(H,17,18)(H,21,22);1-5H,6,8H2. The molecule has 332 valence electrons. The quantitative estimate of drug-likeness (QED) is 0.0558. The summed E-state index contributed by atoms with van der Waals surface area (Å²) < 4.78 is 58.5. The number of halogens is 6. The Morgan fingerprint density at radius 2 is 1.10 bits per heavy atom. The summed E-state index contributed by atoms with van der Waals surface area (Å²) in [5, 5.41) is 38.4. The molecule has 0 atom stereocenters. The number of hydrogen-bond donors (Lipinski definition) is 5. The van der Waals surface area contributed by atoms with E-state index in [2.05, 4.69) is 25.9 Å². The van der Waals surface area contributed by atoms with Crippen LogP contribution in [0.2, 0.25) is 10.3 Å². The number of benzene rings is 2. The van der Waals surface area contributed by atoms with Crippen molar-refractivity contribution in [1.82, 2.24) is 24.4 Å². The second-order valence-electron chi connectivity index (χ2n) is 12.9. The van der Waals surface area contributed by atoms with Gasteiger partial charge in [-0.05, 0) is 23.3 Å². The van der Waals surface area contributed by atoms with Gasteiger partial charge in [-0.1, -0.05) is 83.9 Å². The van der Waals surface area contributed by atoms with Crippen molar-refractivity contribution < 1.29 is 41.7 Å². The van der Waals surface area contributed by atoms with Gasteiger partial charge in [0, 0.05) is 37.4 Å². The number of alkyl halides is 4. The molecular weight excluding hydrogens is 879 g/mol. The van der Waals surface area contributed by atoms with Crippen LogP contribution in [0.15, 0.2) is 131 Å². The van der Waals surface area contributed by atoms with Crippen LogP contribution in [0.3, 0.4) is 0 Å². The Morgan fingerprint density at radius 1 is 0.683 bits per heavy atom. The Bertz CT molecular complexity index is 2590. The average molecular weight is 918 g/mol. The zero-order valence-electron chi connectivity index (χ0n) is 32.7. The van der Waals surface area contributed by atoms with Crippen LogP contribution in [0, 0.1) is 10.4 Å². The van der Waals surface area contributed by atoms with E-state index in [-0.39, 0.29) is 26.3 Å². The number of rotatable bonds is 15. The highest BCUT2D eigenvalue weighted by Crippen LogP contribution is 2.26. The predicted octanol–water partition coefficient (Wildman–Crippen LogP) is 4.01. The van der Waals surface area contributed by atoms with Gasteiger partial charge in [0.15, 0.2) is 24.0 Å². The van der Waals surface area contributed by atoms with Crippen LogP contribution in [0.25, 0.3) is 0 Å². The number of aromatic nitrogens is 6. The fourth-order valence-corrected chi connectivity index (χ4v) is 5.58. The number of pyridine rings is 2. The molecule has 17 nitrogen and oxygen atoms in total. The van der Waals surface area contributed by atoms with Crippen LogP contribution in [0.4, 0.5) is 29.2 Å². The summed E-state index contributed by atoms with van der Waals surface area (Å²) >= 11 is 11.6. The molecule has 0 bridgehead atoms. The number of carboxylic acids is 1. The number of amides is 1. The molecule has 63 heavy (non-hydrogen) atoms. The molecule has 0 aliphatic heterocycles. The lowest BCUT2D eigenvalue weighted by molar-refractivity contribution is -0.624. The molecule has 4 aromatic heterocycles. The number of anilines is 2. The van der Waals surface area contributed by atoms with Gasteiger partial charge in [-0.15, -0.1) is 0 Å². The van der Waals surface area contributed by atoms with Gasteiger partial charge in [0.1, 0.15) is 23.4 Å². The Kier molecular flexibility index (Phi) is 17.5. The maximum Gasteiger partial charge on any atom is 0.347 e. The smallest absolute Gasteiger partial charge is 0.347 e. The number of carbonyl (C=O) groups is 2. The Labute approximate surface area is 365 Å². The third-order valence-corrected chi connectivity index (χ3v) is 8.97. The van der Waals surface area contributed by atoms with E-state index in [9.17, 15) is 47.2 Å². The monoisotopic (exact) mass is 916 g/mol. The van der Waals surface area contributed by atoms with Crippen molar-refractivity contribution in [2.24, 2.45) is 5.73 Å². The largest absolute Gasteiger partial charge is 0.618 e. The summed E-state index contributed by atoms with van der Waals surface area (Å²) in [6.45, 7) is -2.41. The summed E-state index contributed by atoms with van der Waals surface area (Å²) in [4.78, 5) is 54.8. The average Bonchev–Trinajstić information content (AvgIpc) is 3.26. The fourth-order valence-electron chi connectivity index (χ4n) is 5.21. The van der Waals surface area contributed by atoms with Crippen molar-refractivity contribution >= 4 is 46.7 Å². The molecule has 0 saturated carbocycles. The van der Waals surface area contributed by atoms with Gasteiger partial charge in [-0.25, -0.2) is 9.97 Å². The summed E-state index contributed by atoms with van der Waals surface area (Å²) in [6.07, 6.45) is 3.90. The summed E-state index contributed by atoms with van der Waals surface area (Å²) in [6, 6.07) is 26.3. The maximum absolute atomic E-state index is 14.4. The molecule has 6 aromatic rings. The molecule has 0 aliphatic carbocycles. The van der Waals surface area contributed by atoms with E-state index < -0.39 is 84.0 Å². The van der Waals surface area contributed by atoms with E-state index in [1.54, 1.807) is 0 Å². The normalized spacial score (nSPS) is 11.0. The number of carbonyl (C=O) groups excluding carboxylic acids is 1. The van der Waals surface area contributed by atoms with Gasteiger partial charge in [-0.3, -0.25) is 28.3 Å². The molecule has 2 aromatic carbocycles. The molecule has 0 fully saturated rings. The summed E-state index contributed by atoms with van der Waals surface area (Å²) in [5.74, 6) is -9.92. The molecule has 1 amide bonds. The number of hydrogen-bond acceptors (Lipinski definition) is 11. The second kappa shape index (κ2) is 22.7. The number of nitrogens with zero attached hydrogens (tertiary/aromatic N) is 6. The molecule has 0 aliphatic rings. The van der Waals surface area contributed by atoms with Crippen molar-refractivity contribution in [3.05, 3.63) is 186 Å². The highest BCUT2D eigenvalue weighted by atomic mass is 35.5. The molecule has 0 unspecified atom stereocenters. The molecule has 0 radical (unpaired) electrons. The van der Waals surface area contributed by atoms with Crippen LogP contribution in [0.5, 0.6) is 0 Å². The molecule has 23 heteroatoms. The Hall–Kier alpha value is -7.10. The Morgan fingerprint density at radius 3 is 1.49 bits per heavy atom. The number of carboxylic acid groups (broad SMARTS) is 1. The first kappa shape index (κ1) is 48.6. The minimum Gasteiger partial charge on any atom is -0.618 e. The minimum atomic E-state index is -3.59. The van der Waals surface area contributed by atoms with E-state index in [1.807, 2.05) is 60.7 Å². The molecule has 6 N–H and O–H groups in total. The van der Waals surface area contributed by atoms with Gasteiger partial charge in [0.05, 0.1) is 25.5 Å². The number of nitrogens with two attached hydrogens (primary N) is 1. The first-order valence-electron chi connectivity index (χ1n) is 18.3. The molecule has 0 saturated heterocycles. The first-order valence-corrected chi connectivity index (χ1v) is 19.1. The van der Waals surface area contributed by atoms with Crippen LogP contribution >= 0.6 is 23.2 Å². The molecular formula is C40H38Cl2F4N10O7. The maximum atomic E-state index is 14.4. The zero-order valence-corrected chi connectivity index (χ0v) is 34.2. The fraction of sp³-hybridized carbons (Fsp3) is 0.200. The van der Waals surface area contributed by atoms with E-state index in [0.29, 0.717) is 11.1 Å². The van der Waals surface area contributed by atoms with Crippen LogP contribution in [-0.4, -0.2) is 49.2 Å². The van der Waals surface area contributed by atoms with Gasteiger partial charge in [0.25, 0.3) is 22.5 Å². The van der Waals surface area contributed by atoms with Crippen molar-refractivity contribution in [2.45, 2.75) is 38.0 Å². The van der Waals surface area contributed by atoms with E-state index >= 15 is 0 Å². The highest BCUT2D eigenvalue weighted by molar-refractivity contribution is 6.29. The van der Waals surface area contributed by atoms with Gasteiger partial charge < -0.3 is 37.2 Å². The third kappa shape index (κ3) is 14.2. The molecule has 0 spiro atoms. The molecule has 6 rings (SSSR count). The van der Waals surface area contributed by atoms with Crippen molar-refractivity contribution in [1.29, 1.82) is 0 Å². The van der Waals surface area contributed by atoms with Crippen molar-refractivity contribution in [2.75, 3.05) is 23.7 Å². The SMILES string of the molecule is NCc1ccccc1.O=C(Cn1c(Cl)cnc(NCC(F)(F)c2cccc[n+]2[O-])c1=O)NCc1ccccc1.O=C(O)Cn1c(Cl)cnc(NCC(F)(F)c2cccc[n+]2[O-])c1=O. The minimum absolute atomic E-state index is 0.0136. The Balaban J connectivity index is 0.000000240. The number of nitrogens with one attached hydrogen (secondary N) is 3. The summed E-state index contributed by atoms with van der Waals surface area (Å²) in [7, 11) is 0. The van der Waals surface area contributed by atoms with Crippen molar-refractivity contribution in [3.63, 3.8) is 0 Å². The van der Waals surface area contributed by atoms with E-state index in [4.69, 9.17) is 34.0 Å². The first-order chi connectivity index (χ1) is 29.9. The lowest BCUT2D eigenvalue weighted by Crippen LogP contribution is -2.41. The predicted molar refractivity (Wildman–Crippen MR) is 223 cm³/mol. The van der Waals surface area contributed by atoms with Gasteiger partial charge in [-0.2, -0.15) is 27.0 Å². The van der Waals surface area contributed by atoms with E-state index in [1.165, 1.54) is 29.8 Å². The van der Waals surface area contributed by atoms with Crippen LogP contribution < -0.4 is 42.3 Å². The van der Waals surface area contributed by atoms with E-state index in [0.717, 1.165) is 47.1 Å². The number of aliphatic carboxylic acids is 1. The molecule has 4 heterocycles.